The number of hydrogen-bond donors (Lipinski definition) is 3. The molecule has 6 heteroatoms. The van der Waals surface area contributed by atoms with Crippen LogP contribution in [0.1, 0.15) is 10.4 Å². The predicted molar refractivity (Wildman–Crippen MR) is 52.2 cm³/mol. The first-order valence-corrected chi connectivity index (χ1v) is 4.08. The van der Waals surface area contributed by atoms with Gasteiger partial charge in [-0.1, -0.05) is 6.07 Å². The highest BCUT2D eigenvalue weighted by atomic mass is 16.6. The number of hydrogen-bond acceptors (Lipinski definition) is 4. The first kappa shape index (κ1) is 11.2. The molecule has 0 heterocycles. The maximum atomic E-state index is 11.0. The number of rotatable bonds is 4. The fourth-order valence-corrected chi connectivity index (χ4v) is 1.00. The number of carboxylic acids is 1. The van der Waals surface area contributed by atoms with E-state index in [0.717, 1.165) is 0 Å². The average molecular weight is 210 g/mol. The Morgan fingerprint density at radius 1 is 1.47 bits per heavy atom. The maximum Gasteiger partial charge on any atom is 0.335 e. The number of nitrogens with one attached hydrogen (secondary N) is 1. The number of amides is 1. The Bertz CT molecular complexity index is 378. The summed E-state index contributed by atoms with van der Waals surface area (Å²) in [5, 5.41) is 11.1. The van der Waals surface area contributed by atoms with E-state index in [1.807, 2.05) is 0 Å². The molecule has 0 aliphatic heterocycles. The zero-order valence-electron chi connectivity index (χ0n) is 7.77. The van der Waals surface area contributed by atoms with Crippen LogP contribution in [0.2, 0.25) is 0 Å². The van der Waals surface area contributed by atoms with Crippen molar-refractivity contribution in [2.45, 2.75) is 0 Å². The van der Waals surface area contributed by atoms with Crippen LogP contribution in [-0.2, 0) is 9.63 Å². The zero-order chi connectivity index (χ0) is 11.3. The van der Waals surface area contributed by atoms with Gasteiger partial charge in [-0.05, 0) is 18.2 Å². The third-order valence-electron chi connectivity index (χ3n) is 1.61. The summed E-state index contributed by atoms with van der Waals surface area (Å²) in [6.07, 6.45) is 0. The van der Waals surface area contributed by atoms with Gasteiger partial charge in [-0.25, -0.2) is 10.7 Å². The summed E-state index contributed by atoms with van der Waals surface area (Å²) in [4.78, 5) is 25.8. The van der Waals surface area contributed by atoms with Crippen molar-refractivity contribution >= 4 is 17.6 Å². The van der Waals surface area contributed by atoms with Gasteiger partial charge in [0, 0.05) is 5.69 Å². The number of anilines is 1. The second kappa shape index (κ2) is 5.08. The Labute approximate surface area is 85.6 Å². The largest absolute Gasteiger partial charge is 0.478 e. The molecule has 0 saturated carbocycles. The van der Waals surface area contributed by atoms with Crippen LogP contribution in [0.5, 0.6) is 0 Å². The molecule has 80 valence electrons. The molecule has 4 N–H and O–H groups in total. The molecule has 1 aromatic rings. The van der Waals surface area contributed by atoms with E-state index in [4.69, 9.17) is 11.0 Å². The van der Waals surface area contributed by atoms with Crippen LogP contribution in [0.15, 0.2) is 24.3 Å². The van der Waals surface area contributed by atoms with Gasteiger partial charge in [0.1, 0.15) is 6.61 Å². The SMILES string of the molecule is NOCC(=O)Nc1cccc(C(=O)O)c1. The number of benzene rings is 1. The topological polar surface area (TPSA) is 102 Å². The van der Waals surface area contributed by atoms with E-state index in [1.54, 1.807) is 6.07 Å². The van der Waals surface area contributed by atoms with Gasteiger partial charge < -0.3 is 10.4 Å². The van der Waals surface area contributed by atoms with Gasteiger partial charge in [0.2, 0.25) is 0 Å². The summed E-state index contributed by atoms with van der Waals surface area (Å²) in [5.41, 5.74) is 0.485. The second-order valence-corrected chi connectivity index (χ2v) is 2.75. The van der Waals surface area contributed by atoms with Crippen molar-refractivity contribution in [3.8, 4) is 0 Å². The van der Waals surface area contributed by atoms with Gasteiger partial charge >= 0.3 is 5.97 Å². The quantitative estimate of drug-likeness (QED) is 0.617. The van der Waals surface area contributed by atoms with Crippen molar-refractivity contribution in [1.82, 2.24) is 0 Å². The summed E-state index contributed by atoms with van der Waals surface area (Å²) >= 11 is 0. The monoisotopic (exact) mass is 210 g/mol. The third-order valence-corrected chi connectivity index (χ3v) is 1.61. The highest BCUT2D eigenvalue weighted by Gasteiger charge is 2.05. The lowest BCUT2D eigenvalue weighted by Crippen LogP contribution is -2.20. The van der Waals surface area contributed by atoms with Gasteiger partial charge in [0.25, 0.3) is 5.91 Å². The Hall–Kier alpha value is -1.92. The molecule has 0 aliphatic rings. The van der Waals surface area contributed by atoms with Crippen molar-refractivity contribution < 1.29 is 19.5 Å². The van der Waals surface area contributed by atoms with Gasteiger partial charge in [0.15, 0.2) is 0 Å². The van der Waals surface area contributed by atoms with Crippen molar-refractivity contribution in [3.63, 3.8) is 0 Å². The fourth-order valence-electron chi connectivity index (χ4n) is 1.00. The second-order valence-electron chi connectivity index (χ2n) is 2.75. The molecule has 0 radical (unpaired) electrons. The van der Waals surface area contributed by atoms with Crippen LogP contribution >= 0.6 is 0 Å². The van der Waals surface area contributed by atoms with Crippen LogP contribution in [0.4, 0.5) is 5.69 Å². The van der Waals surface area contributed by atoms with Crippen LogP contribution in [0.3, 0.4) is 0 Å². The fraction of sp³-hybridized carbons (Fsp3) is 0.111. The van der Waals surface area contributed by atoms with Crippen LogP contribution in [0.25, 0.3) is 0 Å². The lowest BCUT2D eigenvalue weighted by atomic mass is 10.2. The molecule has 1 rings (SSSR count). The van der Waals surface area contributed by atoms with E-state index in [2.05, 4.69) is 10.2 Å². The average Bonchev–Trinajstić information content (AvgIpc) is 2.18. The Kier molecular flexibility index (Phi) is 3.78. The first-order chi connectivity index (χ1) is 7.13. The molecule has 0 aromatic heterocycles. The third kappa shape index (κ3) is 3.37. The summed E-state index contributed by atoms with van der Waals surface area (Å²) in [7, 11) is 0. The standard InChI is InChI=1S/C9H10N2O4/c10-15-5-8(12)11-7-3-1-2-6(4-7)9(13)14/h1-4H,5,10H2,(H,11,12)(H,13,14). The molecule has 0 spiro atoms. The minimum Gasteiger partial charge on any atom is -0.478 e. The Balaban J connectivity index is 2.73. The maximum absolute atomic E-state index is 11.0. The molecule has 0 saturated heterocycles. The van der Waals surface area contributed by atoms with Gasteiger partial charge in [-0.3, -0.25) is 9.63 Å². The van der Waals surface area contributed by atoms with Gasteiger partial charge in [0.05, 0.1) is 5.56 Å². The minimum atomic E-state index is -1.05. The molecule has 1 aromatic carbocycles. The van der Waals surface area contributed by atoms with E-state index in [0.29, 0.717) is 5.69 Å². The van der Waals surface area contributed by atoms with E-state index in [-0.39, 0.29) is 12.2 Å². The summed E-state index contributed by atoms with van der Waals surface area (Å²) in [5.74, 6) is 3.21. The number of carbonyl (C=O) groups is 2. The molecule has 15 heavy (non-hydrogen) atoms. The van der Waals surface area contributed by atoms with Gasteiger partial charge in [-0.15, -0.1) is 0 Å². The van der Waals surface area contributed by atoms with Crippen LogP contribution in [0, 0.1) is 0 Å². The number of nitrogens with two attached hydrogens (primary N) is 1. The van der Waals surface area contributed by atoms with E-state index in [9.17, 15) is 9.59 Å². The molecule has 1 amide bonds. The van der Waals surface area contributed by atoms with Crippen LogP contribution in [-0.4, -0.2) is 23.6 Å². The molecule has 0 bridgehead atoms. The Morgan fingerprint density at radius 2 is 2.20 bits per heavy atom. The lowest BCUT2D eigenvalue weighted by molar-refractivity contribution is -0.120. The normalized spacial score (nSPS) is 9.67. The first-order valence-electron chi connectivity index (χ1n) is 4.08. The van der Waals surface area contributed by atoms with Crippen molar-refractivity contribution in [2.24, 2.45) is 5.90 Å². The van der Waals surface area contributed by atoms with Crippen molar-refractivity contribution in [1.29, 1.82) is 0 Å². The highest BCUT2D eigenvalue weighted by molar-refractivity contribution is 5.94. The number of aromatic carboxylic acids is 1. The molecule has 0 atom stereocenters. The number of carbonyl (C=O) groups excluding carboxylic acids is 1. The summed E-state index contributed by atoms with van der Waals surface area (Å²) < 4.78 is 0. The van der Waals surface area contributed by atoms with E-state index in [1.165, 1.54) is 18.2 Å². The summed E-state index contributed by atoms with van der Waals surface area (Å²) in [6.45, 7) is -0.280. The molecule has 0 unspecified atom stereocenters. The molecule has 6 nitrogen and oxygen atoms in total. The van der Waals surface area contributed by atoms with Crippen molar-refractivity contribution in [2.75, 3.05) is 11.9 Å². The predicted octanol–water partition coefficient (Wildman–Crippen LogP) is 0.214. The highest BCUT2D eigenvalue weighted by Crippen LogP contribution is 2.10. The van der Waals surface area contributed by atoms with Crippen molar-refractivity contribution in [3.05, 3.63) is 29.8 Å². The summed E-state index contributed by atoms with van der Waals surface area (Å²) in [6, 6.07) is 5.87. The number of carboxylic acid groups (broad SMARTS) is 1. The van der Waals surface area contributed by atoms with E-state index < -0.39 is 11.9 Å². The zero-order valence-corrected chi connectivity index (χ0v) is 7.77. The molecular formula is C9H10N2O4. The minimum absolute atomic E-state index is 0.0986. The van der Waals surface area contributed by atoms with Gasteiger partial charge in [-0.2, -0.15) is 0 Å². The Morgan fingerprint density at radius 3 is 2.80 bits per heavy atom. The van der Waals surface area contributed by atoms with Crippen LogP contribution < -0.4 is 11.2 Å². The smallest absolute Gasteiger partial charge is 0.335 e. The van der Waals surface area contributed by atoms with E-state index >= 15 is 0 Å². The molecular weight excluding hydrogens is 200 g/mol. The lowest BCUT2D eigenvalue weighted by Gasteiger charge is -2.04. The molecule has 0 fully saturated rings. The molecule has 0 aliphatic carbocycles.